The van der Waals surface area contributed by atoms with Gasteiger partial charge in [-0.1, -0.05) is 24.3 Å². The zero-order valence-corrected chi connectivity index (χ0v) is 19.2. The molecule has 184 valence electrons. The average Bonchev–Trinajstić information content (AvgIpc) is 3.36. The third kappa shape index (κ3) is 4.83. The van der Waals surface area contributed by atoms with Crippen LogP contribution in [0, 0.1) is 0 Å². The van der Waals surface area contributed by atoms with Crippen molar-refractivity contribution < 1.29 is 37.1 Å². The Morgan fingerprint density at radius 3 is 2.51 bits per heavy atom. The molecule has 0 radical (unpaired) electrons. The van der Waals surface area contributed by atoms with E-state index in [1.54, 1.807) is 5.38 Å². The fourth-order valence-electron chi connectivity index (χ4n) is 4.04. The van der Waals surface area contributed by atoms with Gasteiger partial charge in [-0.15, -0.1) is 11.3 Å². The van der Waals surface area contributed by atoms with Crippen LogP contribution in [0.5, 0.6) is 0 Å². The van der Waals surface area contributed by atoms with Crippen LogP contribution in [0.15, 0.2) is 29.6 Å². The van der Waals surface area contributed by atoms with Crippen LogP contribution in [0.3, 0.4) is 0 Å². The normalized spacial score (nSPS) is 18.8. The Balaban J connectivity index is 1.39. The van der Waals surface area contributed by atoms with Crippen molar-refractivity contribution in [2.45, 2.75) is 51.0 Å². The average molecular weight is 507 g/mol. The fourth-order valence-corrected chi connectivity index (χ4v) is 5.01. The lowest BCUT2D eigenvalue weighted by Gasteiger charge is -2.29. The highest BCUT2D eigenvalue weighted by molar-refractivity contribution is 7.10. The molecule has 0 saturated carbocycles. The molecule has 2 aliphatic heterocycles. The van der Waals surface area contributed by atoms with Gasteiger partial charge in [0, 0.05) is 28.8 Å². The van der Waals surface area contributed by atoms with Crippen molar-refractivity contribution in [1.82, 2.24) is 15.5 Å². The van der Waals surface area contributed by atoms with Gasteiger partial charge in [0.2, 0.25) is 17.6 Å². The van der Waals surface area contributed by atoms with E-state index < -0.39 is 35.7 Å². The van der Waals surface area contributed by atoms with Gasteiger partial charge >= 0.3 is 6.18 Å². The number of Topliss-reactive ketones (excluding diaryl/α,β-unsaturated/α-hetero) is 1. The van der Waals surface area contributed by atoms with Crippen LogP contribution >= 0.6 is 11.3 Å². The minimum Gasteiger partial charge on any atom is -0.344 e. The second kappa shape index (κ2) is 9.25. The number of halogens is 3. The number of ketones is 1. The van der Waals surface area contributed by atoms with E-state index in [1.807, 2.05) is 0 Å². The van der Waals surface area contributed by atoms with Crippen LogP contribution in [0.4, 0.5) is 13.2 Å². The smallest absolute Gasteiger partial charge is 0.344 e. The number of piperidine rings is 1. The number of benzene rings is 1. The number of rotatable bonds is 6. The Kier molecular flexibility index (Phi) is 6.50. The second-order valence-electron chi connectivity index (χ2n) is 8.35. The molecular formula is C23H20F3N3O5S. The third-order valence-corrected chi connectivity index (χ3v) is 7.20. The number of carbonyl (C=O) groups excluding carboxylic acids is 5. The molecule has 12 heteroatoms. The number of amides is 4. The minimum atomic E-state index is -4.42. The van der Waals surface area contributed by atoms with Crippen LogP contribution in [0.25, 0.3) is 0 Å². The molecule has 0 spiro atoms. The summed E-state index contributed by atoms with van der Waals surface area (Å²) in [4.78, 5) is 63.1. The topological polar surface area (TPSA) is 113 Å². The Bertz CT molecular complexity index is 1220. The number of imide groups is 1. The largest absolute Gasteiger partial charge is 0.395 e. The fraction of sp³-hybridized carbons (Fsp3) is 0.348. The number of hydrogen-bond donors (Lipinski definition) is 2. The molecule has 2 unspecified atom stereocenters. The molecule has 0 aliphatic carbocycles. The Morgan fingerprint density at radius 1 is 1.20 bits per heavy atom. The molecule has 2 N–H and O–H groups in total. The quantitative estimate of drug-likeness (QED) is 0.355. The number of thiophene rings is 1. The van der Waals surface area contributed by atoms with Gasteiger partial charge in [-0.05, 0) is 24.5 Å². The van der Waals surface area contributed by atoms with Crippen molar-refractivity contribution in [2.75, 3.05) is 0 Å². The molecule has 1 aromatic carbocycles. The standard InChI is InChI=1S/C23H20F3N3O5S/c1-11(23(24,25)26)12-2-4-13(5-3-12)19(31)21(33)27-8-17-14-9-29(22(34)15(14)10-35-17)16-6-7-18(30)28-20(16)32/h2-5,10-11,16H,6-9H2,1H3,(H,27,33)(H,28,30,32). The summed E-state index contributed by atoms with van der Waals surface area (Å²) in [5.74, 6) is -4.79. The zero-order valence-electron chi connectivity index (χ0n) is 18.4. The van der Waals surface area contributed by atoms with Gasteiger partial charge in [0.25, 0.3) is 11.8 Å². The van der Waals surface area contributed by atoms with Gasteiger partial charge in [0.15, 0.2) is 0 Å². The number of alkyl halides is 3. The van der Waals surface area contributed by atoms with Crippen molar-refractivity contribution in [1.29, 1.82) is 0 Å². The van der Waals surface area contributed by atoms with Gasteiger partial charge in [-0.3, -0.25) is 29.3 Å². The van der Waals surface area contributed by atoms with Crippen molar-refractivity contribution in [3.8, 4) is 0 Å². The van der Waals surface area contributed by atoms with E-state index in [4.69, 9.17) is 0 Å². The molecule has 1 saturated heterocycles. The summed E-state index contributed by atoms with van der Waals surface area (Å²) in [6.45, 7) is 1.11. The molecule has 1 aromatic heterocycles. The lowest BCUT2D eigenvalue weighted by Crippen LogP contribution is -2.52. The molecule has 2 aliphatic rings. The maximum atomic E-state index is 12.9. The molecule has 8 nitrogen and oxygen atoms in total. The van der Waals surface area contributed by atoms with Crippen molar-refractivity contribution in [2.24, 2.45) is 0 Å². The van der Waals surface area contributed by atoms with Gasteiger partial charge in [-0.2, -0.15) is 13.2 Å². The maximum Gasteiger partial charge on any atom is 0.395 e. The Labute approximate surface area is 201 Å². The summed E-state index contributed by atoms with van der Waals surface area (Å²) in [5.41, 5.74) is 0.984. The first kappa shape index (κ1) is 24.6. The number of nitrogens with one attached hydrogen (secondary N) is 2. The predicted octanol–water partition coefficient (Wildman–Crippen LogP) is 2.67. The predicted molar refractivity (Wildman–Crippen MR) is 117 cm³/mol. The third-order valence-electron chi connectivity index (χ3n) is 6.17. The van der Waals surface area contributed by atoms with Crippen LogP contribution < -0.4 is 10.6 Å². The van der Waals surface area contributed by atoms with Gasteiger partial charge in [0.1, 0.15) is 6.04 Å². The zero-order chi connectivity index (χ0) is 25.5. The lowest BCUT2D eigenvalue weighted by atomic mass is 9.98. The first-order chi connectivity index (χ1) is 16.5. The first-order valence-corrected chi connectivity index (χ1v) is 11.6. The van der Waals surface area contributed by atoms with E-state index in [-0.39, 0.29) is 48.9 Å². The summed E-state index contributed by atoms with van der Waals surface area (Å²) in [6.07, 6.45) is -4.06. The SMILES string of the molecule is CC(c1ccc(C(=O)C(=O)NCc2scc3c2CN(C2CCC(=O)NC2=O)C3=O)cc1)C(F)(F)F. The summed E-state index contributed by atoms with van der Waals surface area (Å²) in [7, 11) is 0. The number of carbonyl (C=O) groups is 5. The second-order valence-corrected chi connectivity index (χ2v) is 9.31. The molecule has 4 rings (SSSR count). The van der Waals surface area contributed by atoms with Crippen molar-refractivity contribution >= 4 is 40.7 Å². The van der Waals surface area contributed by atoms with Crippen molar-refractivity contribution in [3.05, 3.63) is 56.8 Å². The number of fused-ring (bicyclic) bond motifs is 1. The van der Waals surface area contributed by atoms with Crippen LogP contribution in [-0.2, 0) is 27.5 Å². The number of hydrogen-bond acceptors (Lipinski definition) is 6. The van der Waals surface area contributed by atoms with E-state index >= 15 is 0 Å². The molecule has 1 fully saturated rings. The Morgan fingerprint density at radius 2 is 1.89 bits per heavy atom. The summed E-state index contributed by atoms with van der Waals surface area (Å²) < 4.78 is 38.6. The van der Waals surface area contributed by atoms with Gasteiger partial charge < -0.3 is 10.2 Å². The molecule has 4 amide bonds. The van der Waals surface area contributed by atoms with Crippen LogP contribution in [-0.4, -0.2) is 46.5 Å². The molecule has 35 heavy (non-hydrogen) atoms. The highest BCUT2D eigenvalue weighted by Gasteiger charge is 2.40. The summed E-state index contributed by atoms with van der Waals surface area (Å²) in [5, 5.41) is 6.33. The van der Waals surface area contributed by atoms with Crippen molar-refractivity contribution in [3.63, 3.8) is 0 Å². The highest BCUT2D eigenvalue weighted by atomic mass is 32.1. The monoisotopic (exact) mass is 507 g/mol. The van der Waals surface area contributed by atoms with E-state index in [0.717, 1.165) is 6.92 Å². The highest BCUT2D eigenvalue weighted by Crippen LogP contribution is 2.35. The lowest BCUT2D eigenvalue weighted by molar-refractivity contribution is -0.146. The molecule has 3 heterocycles. The van der Waals surface area contributed by atoms with E-state index in [9.17, 15) is 37.1 Å². The van der Waals surface area contributed by atoms with Gasteiger partial charge in [-0.25, -0.2) is 0 Å². The molecule has 0 bridgehead atoms. The Hall–Kier alpha value is -3.54. The molecular weight excluding hydrogens is 487 g/mol. The number of nitrogens with zero attached hydrogens (tertiary/aromatic N) is 1. The first-order valence-electron chi connectivity index (χ1n) is 10.7. The summed E-state index contributed by atoms with van der Waals surface area (Å²) in [6, 6.07) is 3.93. The van der Waals surface area contributed by atoms with E-state index in [2.05, 4.69) is 10.6 Å². The van der Waals surface area contributed by atoms with Crippen LogP contribution in [0.1, 0.15) is 62.4 Å². The van der Waals surface area contributed by atoms with E-state index in [0.29, 0.717) is 16.0 Å². The van der Waals surface area contributed by atoms with E-state index in [1.165, 1.54) is 40.5 Å². The minimum absolute atomic E-state index is 0.0196. The van der Waals surface area contributed by atoms with Gasteiger partial charge in [0.05, 0.1) is 18.0 Å². The molecule has 2 aromatic rings. The summed E-state index contributed by atoms with van der Waals surface area (Å²) >= 11 is 1.23. The van der Waals surface area contributed by atoms with Crippen LogP contribution in [0.2, 0.25) is 0 Å². The molecule has 2 atom stereocenters. The maximum absolute atomic E-state index is 12.9.